The van der Waals surface area contributed by atoms with Crippen molar-refractivity contribution in [2.75, 3.05) is 58.4 Å². The maximum atomic E-state index is 5.77. The van der Waals surface area contributed by atoms with Gasteiger partial charge in [0.2, 0.25) is 0 Å². The van der Waals surface area contributed by atoms with Crippen molar-refractivity contribution >= 4 is 11.6 Å². The molecule has 0 aromatic heterocycles. The number of aliphatic imine (C=N–C) groups is 1. The topological polar surface area (TPSA) is 58.1 Å². The Labute approximate surface area is 158 Å². The molecule has 1 saturated heterocycles. The molecular weight excluding hydrogens is 328 g/mol. The van der Waals surface area contributed by atoms with Crippen LogP contribution in [0.4, 0.5) is 5.69 Å². The lowest BCUT2D eigenvalue weighted by molar-refractivity contribution is 0.172. The Hall–Kier alpha value is -1.79. The fraction of sp³-hybridized carbons (Fsp3) is 0.650. The lowest BCUT2D eigenvalue weighted by atomic mass is 10.1. The van der Waals surface area contributed by atoms with Crippen molar-refractivity contribution in [3.8, 4) is 5.75 Å². The number of anilines is 1. The molecule has 0 bridgehead atoms. The highest BCUT2D eigenvalue weighted by Crippen LogP contribution is 2.18. The lowest BCUT2D eigenvalue weighted by Gasteiger charge is -2.15. The van der Waals surface area contributed by atoms with Gasteiger partial charge in [-0.1, -0.05) is 13.0 Å². The van der Waals surface area contributed by atoms with Gasteiger partial charge in [-0.05, 0) is 44.5 Å². The minimum Gasteiger partial charge on any atom is -0.493 e. The smallest absolute Gasteiger partial charge is 0.195 e. The highest BCUT2D eigenvalue weighted by Gasteiger charge is 2.20. The number of methoxy groups -OCH3 is 1. The molecule has 1 aromatic carbocycles. The summed E-state index contributed by atoms with van der Waals surface area (Å²) in [6, 6.07) is 8.00. The molecule has 0 spiro atoms. The van der Waals surface area contributed by atoms with Crippen molar-refractivity contribution in [1.82, 2.24) is 10.2 Å². The van der Waals surface area contributed by atoms with Gasteiger partial charge in [-0.3, -0.25) is 4.99 Å². The number of benzene rings is 1. The van der Waals surface area contributed by atoms with Crippen LogP contribution in [0.25, 0.3) is 0 Å². The fourth-order valence-corrected chi connectivity index (χ4v) is 3.07. The zero-order chi connectivity index (χ0) is 18.6. The van der Waals surface area contributed by atoms with E-state index in [0.717, 1.165) is 50.0 Å². The molecule has 146 valence electrons. The Morgan fingerprint density at radius 1 is 1.31 bits per heavy atom. The molecule has 1 heterocycles. The van der Waals surface area contributed by atoms with Gasteiger partial charge in [0.05, 0.1) is 6.61 Å². The minimum atomic E-state index is 0.654. The summed E-state index contributed by atoms with van der Waals surface area (Å²) in [5.41, 5.74) is 0.982. The van der Waals surface area contributed by atoms with E-state index in [1.165, 1.54) is 13.0 Å². The molecule has 6 heteroatoms. The van der Waals surface area contributed by atoms with Crippen LogP contribution in [0.5, 0.6) is 5.75 Å². The first-order chi connectivity index (χ1) is 12.7. The predicted molar refractivity (Wildman–Crippen MR) is 108 cm³/mol. The molecule has 1 aliphatic heterocycles. The molecule has 1 atom stereocenters. The average molecular weight is 363 g/mol. The van der Waals surface area contributed by atoms with Crippen molar-refractivity contribution in [2.45, 2.75) is 26.7 Å². The van der Waals surface area contributed by atoms with Crippen LogP contribution in [0.3, 0.4) is 0 Å². The van der Waals surface area contributed by atoms with Gasteiger partial charge in [-0.15, -0.1) is 0 Å². The second-order valence-corrected chi connectivity index (χ2v) is 6.62. The molecule has 6 nitrogen and oxygen atoms in total. The van der Waals surface area contributed by atoms with E-state index in [1.54, 1.807) is 7.11 Å². The summed E-state index contributed by atoms with van der Waals surface area (Å²) >= 11 is 0. The van der Waals surface area contributed by atoms with E-state index in [4.69, 9.17) is 14.5 Å². The molecular formula is C20H34N4O2. The van der Waals surface area contributed by atoms with E-state index >= 15 is 0 Å². The van der Waals surface area contributed by atoms with E-state index in [-0.39, 0.29) is 0 Å². The van der Waals surface area contributed by atoms with Crippen molar-refractivity contribution in [1.29, 1.82) is 0 Å². The molecule has 0 radical (unpaired) electrons. The van der Waals surface area contributed by atoms with E-state index in [0.29, 0.717) is 19.1 Å². The second-order valence-electron chi connectivity index (χ2n) is 6.62. The number of hydrogen-bond donors (Lipinski definition) is 2. The number of likely N-dealkylation sites (tertiary alicyclic amines) is 1. The van der Waals surface area contributed by atoms with Crippen molar-refractivity contribution < 1.29 is 9.47 Å². The third-order valence-corrected chi connectivity index (χ3v) is 4.53. The second kappa shape index (κ2) is 11.8. The molecule has 2 rings (SSSR count). The fourth-order valence-electron chi connectivity index (χ4n) is 3.07. The Bertz CT molecular complexity index is 550. The van der Waals surface area contributed by atoms with Gasteiger partial charge in [0.1, 0.15) is 5.75 Å². The van der Waals surface area contributed by atoms with Gasteiger partial charge in [-0.2, -0.15) is 0 Å². The molecule has 2 N–H and O–H groups in total. The van der Waals surface area contributed by atoms with Crippen molar-refractivity contribution in [3.63, 3.8) is 0 Å². The Balaban J connectivity index is 1.88. The van der Waals surface area contributed by atoms with E-state index in [1.807, 2.05) is 24.3 Å². The molecule has 1 unspecified atom stereocenters. The molecule has 1 fully saturated rings. The van der Waals surface area contributed by atoms with Crippen molar-refractivity contribution in [2.24, 2.45) is 10.9 Å². The molecule has 1 aromatic rings. The van der Waals surface area contributed by atoms with Crippen LogP contribution in [0.1, 0.15) is 26.7 Å². The Morgan fingerprint density at radius 3 is 2.92 bits per heavy atom. The van der Waals surface area contributed by atoms with Crippen LogP contribution >= 0.6 is 0 Å². The maximum Gasteiger partial charge on any atom is 0.195 e. The number of rotatable bonds is 10. The number of hydrogen-bond acceptors (Lipinski definition) is 4. The number of guanidine groups is 1. The van der Waals surface area contributed by atoms with Gasteiger partial charge in [0.25, 0.3) is 0 Å². The summed E-state index contributed by atoms with van der Waals surface area (Å²) in [6.45, 7) is 10.9. The van der Waals surface area contributed by atoms with Crippen LogP contribution in [-0.4, -0.2) is 63.9 Å². The summed E-state index contributed by atoms with van der Waals surface area (Å²) in [4.78, 5) is 7.28. The molecule has 1 aliphatic rings. The van der Waals surface area contributed by atoms with Crippen LogP contribution < -0.4 is 15.4 Å². The summed E-state index contributed by atoms with van der Waals surface area (Å²) < 4.78 is 10.8. The summed E-state index contributed by atoms with van der Waals surface area (Å²) in [6.07, 6.45) is 2.12. The van der Waals surface area contributed by atoms with Gasteiger partial charge < -0.3 is 25.0 Å². The molecule has 0 amide bonds. The SMILES string of the molecule is CCNC(=NCC1CCN(CC)C1)Nc1cccc(OCCCOC)c1. The third-order valence-electron chi connectivity index (χ3n) is 4.53. The zero-order valence-electron chi connectivity index (χ0n) is 16.5. The van der Waals surface area contributed by atoms with Crippen LogP contribution in [0.2, 0.25) is 0 Å². The standard InChI is InChI=1S/C20H34N4O2/c1-4-21-20(22-15-17-10-11-24(5-2)16-17)23-18-8-6-9-19(14-18)26-13-7-12-25-3/h6,8-9,14,17H,4-5,7,10-13,15-16H2,1-3H3,(H2,21,22,23). The Morgan fingerprint density at radius 2 is 2.19 bits per heavy atom. The van der Waals surface area contributed by atoms with Gasteiger partial charge in [-0.25, -0.2) is 0 Å². The largest absolute Gasteiger partial charge is 0.493 e. The monoisotopic (exact) mass is 362 g/mol. The van der Waals surface area contributed by atoms with Crippen LogP contribution in [0.15, 0.2) is 29.3 Å². The van der Waals surface area contributed by atoms with E-state index in [9.17, 15) is 0 Å². The highest BCUT2D eigenvalue weighted by atomic mass is 16.5. The normalized spacial score (nSPS) is 18.1. The average Bonchev–Trinajstić information content (AvgIpc) is 3.12. The van der Waals surface area contributed by atoms with E-state index < -0.39 is 0 Å². The first-order valence-corrected chi connectivity index (χ1v) is 9.74. The molecule has 0 aliphatic carbocycles. The predicted octanol–water partition coefficient (Wildman–Crippen LogP) is 2.82. The highest BCUT2D eigenvalue weighted by molar-refractivity contribution is 5.93. The Kier molecular flexibility index (Phi) is 9.28. The van der Waals surface area contributed by atoms with E-state index in [2.05, 4.69) is 29.4 Å². The van der Waals surface area contributed by atoms with Gasteiger partial charge >= 0.3 is 0 Å². The number of nitrogens with one attached hydrogen (secondary N) is 2. The summed E-state index contributed by atoms with van der Waals surface area (Å²) in [5.74, 6) is 2.34. The minimum absolute atomic E-state index is 0.654. The van der Waals surface area contributed by atoms with Gasteiger partial charge in [0.15, 0.2) is 5.96 Å². The van der Waals surface area contributed by atoms with Crippen LogP contribution in [0, 0.1) is 5.92 Å². The maximum absolute atomic E-state index is 5.77. The lowest BCUT2D eigenvalue weighted by Crippen LogP contribution is -2.31. The van der Waals surface area contributed by atoms with Crippen LogP contribution in [-0.2, 0) is 4.74 Å². The molecule has 26 heavy (non-hydrogen) atoms. The number of ether oxygens (including phenoxy) is 2. The van der Waals surface area contributed by atoms with Crippen molar-refractivity contribution in [3.05, 3.63) is 24.3 Å². The third kappa shape index (κ3) is 7.22. The first kappa shape index (κ1) is 20.5. The quantitative estimate of drug-likeness (QED) is 0.381. The zero-order valence-corrected chi connectivity index (χ0v) is 16.5. The summed E-state index contributed by atoms with van der Waals surface area (Å²) in [7, 11) is 1.71. The first-order valence-electron chi connectivity index (χ1n) is 9.74. The van der Waals surface area contributed by atoms with Gasteiger partial charge in [0, 0.05) is 51.5 Å². The molecule has 0 saturated carbocycles. The number of nitrogens with zero attached hydrogens (tertiary/aromatic N) is 2. The summed E-state index contributed by atoms with van der Waals surface area (Å²) in [5, 5.41) is 6.72.